The van der Waals surface area contributed by atoms with Crippen molar-refractivity contribution in [3.63, 3.8) is 0 Å². The van der Waals surface area contributed by atoms with Gasteiger partial charge in [-0.2, -0.15) is 0 Å². The molecule has 0 saturated carbocycles. The third-order valence-corrected chi connectivity index (χ3v) is 6.87. The van der Waals surface area contributed by atoms with Crippen LogP contribution in [-0.4, -0.2) is 51.5 Å². The van der Waals surface area contributed by atoms with Crippen molar-refractivity contribution >= 4 is 46.7 Å². The molecule has 2 N–H and O–H groups in total. The summed E-state index contributed by atoms with van der Waals surface area (Å²) >= 11 is 4.67. The molecule has 1 saturated heterocycles. The quantitative estimate of drug-likeness (QED) is 0.554. The van der Waals surface area contributed by atoms with Crippen LogP contribution >= 0.6 is 34.9 Å². The largest absolute Gasteiger partial charge is 0.369 e. The fourth-order valence-corrected chi connectivity index (χ4v) is 5.35. The summed E-state index contributed by atoms with van der Waals surface area (Å²) in [6.45, 7) is 3.32. The molecule has 2 amide bonds. The van der Waals surface area contributed by atoms with E-state index in [9.17, 15) is 9.59 Å². The van der Waals surface area contributed by atoms with Crippen LogP contribution in [0.15, 0.2) is 8.68 Å². The van der Waals surface area contributed by atoms with E-state index in [2.05, 4.69) is 17.1 Å². The maximum absolute atomic E-state index is 12.3. The molecular weight excluding hydrogens is 352 g/mol. The summed E-state index contributed by atoms with van der Waals surface area (Å²) in [5, 5.41) is 8.26. The van der Waals surface area contributed by atoms with Crippen LogP contribution in [0.1, 0.15) is 32.6 Å². The first-order valence-electron chi connectivity index (χ1n) is 7.76. The van der Waals surface area contributed by atoms with Gasteiger partial charge in [0, 0.05) is 18.8 Å². The number of hydrogen-bond donors (Lipinski definition) is 1. The van der Waals surface area contributed by atoms with E-state index >= 15 is 0 Å². The van der Waals surface area contributed by atoms with Gasteiger partial charge in [0.15, 0.2) is 8.68 Å². The Hall–Kier alpha value is -0.800. The molecule has 1 aromatic rings. The second-order valence-electron chi connectivity index (χ2n) is 5.41. The van der Waals surface area contributed by atoms with Gasteiger partial charge in [-0.3, -0.25) is 9.59 Å². The van der Waals surface area contributed by atoms with Gasteiger partial charge in [0.2, 0.25) is 11.8 Å². The second kappa shape index (κ2) is 9.48. The number of nitrogens with zero attached hydrogens (tertiary/aromatic N) is 3. The predicted molar refractivity (Wildman–Crippen MR) is 94.8 cm³/mol. The summed E-state index contributed by atoms with van der Waals surface area (Å²) in [7, 11) is 0. The molecule has 128 valence electrons. The lowest BCUT2D eigenvalue weighted by atomic mass is 9.97. The van der Waals surface area contributed by atoms with Gasteiger partial charge in [-0.1, -0.05) is 48.2 Å². The third kappa shape index (κ3) is 5.96. The Morgan fingerprint density at radius 2 is 2.09 bits per heavy atom. The maximum atomic E-state index is 12.3. The van der Waals surface area contributed by atoms with E-state index in [0.29, 0.717) is 18.8 Å². The van der Waals surface area contributed by atoms with Crippen LogP contribution in [0, 0.1) is 5.92 Å². The highest BCUT2D eigenvalue weighted by molar-refractivity contribution is 8.03. The number of hydrogen-bond acceptors (Lipinski definition) is 7. The molecule has 1 aromatic heterocycles. The van der Waals surface area contributed by atoms with Crippen molar-refractivity contribution < 1.29 is 9.59 Å². The lowest BCUT2D eigenvalue weighted by Crippen LogP contribution is -2.44. The summed E-state index contributed by atoms with van der Waals surface area (Å²) in [6.07, 6.45) is 3.95. The summed E-state index contributed by atoms with van der Waals surface area (Å²) in [4.78, 5) is 25.3. The number of rotatable bonds is 8. The van der Waals surface area contributed by atoms with Crippen molar-refractivity contribution in [3.8, 4) is 0 Å². The molecule has 0 spiro atoms. The Morgan fingerprint density at radius 1 is 1.35 bits per heavy atom. The topological polar surface area (TPSA) is 89.2 Å². The highest BCUT2D eigenvalue weighted by Gasteiger charge is 2.26. The molecule has 1 aliphatic heterocycles. The van der Waals surface area contributed by atoms with Crippen LogP contribution in [0.5, 0.6) is 0 Å². The summed E-state index contributed by atoms with van der Waals surface area (Å²) in [5.74, 6) is 0.904. The molecule has 6 nitrogen and oxygen atoms in total. The van der Waals surface area contributed by atoms with Crippen LogP contribution in [0.3, 0.4) is 0 Å². The molecule has 2 rings (SSSR count). The minimum absolute atomic E-state index is 0.0383. The summed E-state index contributed by atoms with van der Waals surface area (Å²) in [5.41, 5.74) is 5.35. The Balaban J connectivity index is 1.76. The lowest BCUT2D eigenvalue weighted by molar-refractivity contribution is -0.132. The molecular formula is C14H22N4O2S3. The Kier molecular flexibility index (Phi) is 7.64. The van der Waals surface area contributed by atoms with E-state index in [1.807, 2.05) is 0 Å². The minimum Gasteiger partial charge on any atom is -0.369 e. The molecule has 1 unspecified atom stereocenters. The first kappa shape index (κ1) is 18.5. The average Bonchev–Trinajstić information content (AvgIpc) is 3.01. The zero-order valence-corrected chi connectivity index (χ0v) is 15.6. The summed E-state index contributed by atoms with van der Waals surface area (Å²) < 4.78 is 1.78. The molecule has 0 aromatic carbocycles. The van der Waals surface area contributed by atoms with Crippen molar-refractivity contribution in [2.24, 2.45) is 11.7 Å². The van der Waals surface area contributed by atoms with E-state index < -0.39 is 0 Å². The lowest BCUT2D eigenvalue weighted by Gasteiger charge is -2.31. The van der Waals surface area contributed by atoms with Gasteiger partial charge < -0.3 is 10.6 Å². The number of likely N-dealkylation sites (tertiary alicyclic amines) is 1. The van der Waals surface area contributed by atoms with E-state index in [0.717, 1.165) is 27.3 Å². The van der Waals surface area contributed by atoms with Crippen LogP contribution < -0.4 is 5.73 Å². The van der Waals surface area contributed by atoms with Crippen molar-refractivity contribution in [2.45, 2.75) is 41.3 Å². The summed E-state index contributed by atoms with van der Waals surface area (Å²) in [6, 6.07) is 0. The van der Waals surface area contributed by atoms with Gasteiger partial charge in [-0.05, 0) is 19.3 Å². The second-order valence-corrected chi connectivity index (χ2v) is 8.95. The highest BCUT2D eigenvalue weighted by atomic mass is 32.2. The van der Waals surface area contributed by atoms with Gasteiger partial charge in [0.1, 0.15) is 0 Å². The highest BCUT2D eigenvalue weighted by Crippen LogP contribution is 2.29. The normalized spacial score (nSPS) is 18.1. The minimum atomic E-state index is -0.312. The van der Waals surface area contributed by atoms with E-state index in [1.54, 1.807) is 16.7 Å². The number of carbonyl (C=O) groups excluding carboxylic acids is 2. The monoisotopic (exact) mass is 374 g/mol. The Morgan fingerprint density at radius 3 is 2.78 bits per heavy atom. The Bertz CT molecular complexity index is 538. The number of primary amides is 1. The van der Waals surface area contributed by atoms with E-state index in [4.69, 9.17) is 5.73 Å². The molecule has 1 fully saturated rings. The van der Waals surface area contributed by atoms with Gasteiger partial charge in [0.05, 0.1) is 11.7 Å². The number of unbranched alkanes of at least 4 members (excludes halogenated alkanes) is 1. The van der Waals surface area contributed by atoms with Gasteiger partial charge in [-0.25, -0.2) is 0 Å². The Labute approximate surface area is 149 Å². The van der Waals surface area contributed by atoms with Crippen LogP contribution in [-0.2, 0) is 9.59 Å². The molecule has 1 aliphatic rings. The number of aromatic nitrogens is 2. The molecule has 1 atom stereocenters. The third-order valence-electron chi connectivity index (χ3n) is 3.61. The molecule has 0 bridgehead atoms. The van der Waals surface area contributed by atoms with Gasteiger partial charge in [-0.15, -0.1) is 10.2 Å². The van der Waals surface area contributed by atoms with Crippen molar-refractivity contribution in [2.75, 3.05) is 24.6 Å². The molecule has 0 radical (unpaired) electrons. The smallest absolute Gasteiger partial charge is 0.233 e. The number of piperidine rings is 1. The van der Waals surface area contributed by atoms with E-state index in [1.165, 1.54) is 35.9 Å². The van der Waals surface area contributed by atoms with Crippen molar-refractivity contribution in [1.29, 1.82) is 0 Å². The number of amides is 2. The molecule has 2 heterocycles. The average molecular weight is 375 g/mol. The van der Waals surface area contributed by atoms with Crippen molar-refractivity contribution in [3.05, 3.63) is 0 Å². The maximum Gasteiger partial charge on any atom is 0.233 e. The SMILES string of the molecule is CCCCSc1nnc(SCC(=O)N2CCCC(C(N)=O)C2)s1. The van der Waals surface area contributed by atoms with E-state index in [-0.39, 0.29) is 17.7 Å². The van der Waals surface area contributed by atoms with Crippen molar-refractivity contribution in [1.82, 2.24) is 15.1 Å². The van der Waals surface area contributed by atoms with Gasteiger partial charge >= 0.3 is 0 Å². The molecule has 0 aliphatic carbocycles. The van der Waals surface area contributed by atoms with Crippen LogP contribution in [0.4, 0.5) is 0 Å². The number of nitrogens with two attached hydrogens (primary N) is 1. The fraction of sp³-hybridized carbons (Fsp3) is 0.714. The first-order valence-corrected chi connectivity index (χ1v) is 10.5. The zero-order valence-electron chi connectivity index (χ0n) is 13.2. The van der Waals surface area contributed by atoms with Gasteiger partial charge in [0.25, 0.3) is 0 Å². The first-order chi connectivity index (χ1) is 11.1. The molecule has 23 heavy (non-hydrogen) atoms. The fourth-order valence-electron chi connectivity index (χ4n) is 2.27. The number of carbonyl (C=O) groups is 2. The standard InChI is InChI=1S/C14H22N4O2S3/c1-2-3-7-21-13-16-17-14(23-13)22-9-11(19)18-6-4-5-10(8-18)12(15)20/h10H,2-9H2,1H3,(H2,15,20). The van der Waals surface area contributed by atoms with Crippen LogP contribution in [0.2, 0.25) is 0 Å². The molecule has 9 heteroatoms. The predicted octanol–water partition coefficient (Wildman–Crippen LogP) is 2.25. The van der Waals surface area contributed by atoms with Crippen LogP contribution in [0.25, 0.3) is 0 Å². The zero-order chi connectivity index (χ0) is 16.7. The number of thioether (sulfide) groups is 2.